The van der Waals surface area contributed by atoms with Crippen LogP contribution in [0.25, 0.3) is 0 Å². The maximum Gasteiger partial charge on any atom is 0.260 e. The summed E-state index contributed by atoms with van der Waals surface area (Å²) in [6.45, 7) is 3.58. The maximum absolute atomic E-state index is 12.4. The molecule has 2 rings (SSSR count). The number of aryl methyl sites for hydroxylation is 1. The van der Waals surface area contributed by atoms with E-state index in [-0.39, 0.29) is 23.5 Å². The Morgan fingerprint density at radius 3 is 2.38 bits per heavy atom. The Hall–Kier alpha value is -2.09. The van der Waals surface area contributed by atoms with Crippen LogP contribution in [0.4, 0.5) is 0 Å². The second-order valence-electron chi connectivity index (χ2n) is 5.99. The van der Waals surface area contributed by atoms with E-state index in [1.807, 2.05) is 13.8 Å². The standard InChI is InChI=1S/C18H21ClN2O4S/c1-12-10-15(19)6-9-17(12)25-11-18(22)21(3)13(2)14-4-7-16(8-5-14)26(20,23)24/h4-10,13H,11H2,1-3H3,(H2,20,23,24). The number of nitrogens with two attached hydrogens (primary N) is 1. The van der Waals surface area contributed by atoms with Gasteiger partial charge >= 0.3 is 0 Å². The van der Waals surface area contributed by atoms with Crippen molar-refractivity contribution in [2.75, 3.05) is 13.7 Å². The molecule has 0 spiro atoms. The first kappa shape index (κ1) is 20.2. The number of halogens is 1. The van der Waals surface area contributed by atoms with Crippen LogP contribution in [0.3, 0.4) is 0 Å². The van der Waals surface area contributed by atoms with Gasteiger partial charge in [0.05, 0.1) is 10.9 Å². The number of hydrogen-bond acceptors (Lipinski definition) is 4. The molecular weight excluding hydrogens is 376 g/mol. The van der Waals surface area contributed by atoms with Gasteiger partial charge in [-0.25, -0.2) is 13.6 Å². The Morgan fingerprint density at radius 2 is 1.85 bits per heavy atom. The van der Waals surface area contributed by atoms with Crippen molar-refractivity contribution < 1.29 is 17.9 Å². The number of ether oxygens (including phenoxy) is 1. The van der Waals surface area contributed by atoms with Gasteiger partial charge in [0.1, 0.15) is 5.75 Å². The van der Waals surface area contributed by atoms with Crippen LogP contribution in [-0.4, -0.2) is 32.9 Å². The smallest absolute Gasteiger partial charge is 0.260 e. The summed E-state index contributed by atoms with van der Waals surface area (Å²) in [6, 6.07) is 11.1. The first-order valence-electron chi connectivity index (χ1n) is 7.87. The van der Waals surface area contributed by atoms with Crippen LogP contribution >= 0.6 is 11.6 Å². The minimum Gasteiger partial charge on any atom is -0.483 e. The highest BCUT2D eigenvalue weighted by Gasteiger charge is 2.19. The number of amides is 1. The molecule has 1 atom stereocenters. The molecule has 2 N–H and O–H groups in total. The van der Waals surface area contributed by atoms with Crippen molar-refractivity contribution in [2.45, 2.75) is 24.8 Å². The van der Waals surface area contributed by atoms with E-state index in [0.29, 0.717) is 10.8 Å². The van der Waals surface area contributed by atoms with Gasteiger partial charge in [-0.3, -0.25) is 4.79 Å². The average molecular weight is 397 g/mol. The molecule has 0 heterocycles. The van der Waals surface area contributed by atoms with Crippen LogP contribution in [-0.2, 0) is 14.8 Å². The van der Waals surface area contributed by atoms with Gasteiger partial charge in [-0.2, -0.15) is 0 Å². The number of rotatable bonds is 6. The summed E-state index contributed by atoms with van der Waals surface area (Å²) in [5.41, 5.74) is 1.63. The Morgan fingerprint density at radius 1 is 1.23 bits per heavy atom. The van der Waals surface area contributed by atoms with Crippen LogP contribution in [0.15, 0.2) is 47.4 Å². The Bertz CT molecular complexity index is 898. The van der Waals surface area contributed by atoms with Crippen LogP contribution in [0.1, 0.15) is 24.1 Å². The molecule has 2 aromatic rings. The molecule has 0 aliphatic rings. The molecule has 0 saturated carbocycles. The Kier molecular flexibility index (Phi) is 6.28. The molecular formula is C18H21ClN2O4S. The van der Waals surface area contributed by atoms with E-state index in [2.05, 4.69) is 0 Å². The Balaban J connectivity index is 2.02. The van der Waals surface area contributed by atoms with Crippen molar-refractivity contribution in [1.29, 1.82) is 0 Å². The largest absolute Gasteiger partial charge is 0.483 e. The van der Waals surface area contributed by atoms with E-state index in [0.717, 1.165) is 11.1 Å². The topological polar surface area (TPSA) is 89.7 Å². The lowest BCUT2D eigenvalue weighted by Crippen LogP contribution is -2.33. The first-order chi connectivity index (χ1) is 12.1. The summed E-state index contributed by atoms with van der Waals surface area (Å²) >= 11 is 5.90. The predicted octanol–water partition coefficient (Wildman–Crippen LogP) is 2.89. The lowest BCUT2D eigenvalue weighted by molar-refractivity contribution is -0.134. The van der Waals surface area contributed by atoms with E-state index in [9.17, 15) is 13.2 Å². The summed E-state index contributed by atoms with van der Waals surface area (Å²) in [5.74, 6) is 0.392. The number of likely N-dealkylation sites (N-methyl/N-ethyl adjacent to an activating group) is 1. The fourth-order valence-electron chi connectivity index (χ4n) is 2.39. The number of primary sulfonamides is 1. The molecule has 0 aliphatic carbocycles. The van der Waals surface area contributed by atoms with Crippen LogP contribution in [0, 0.1) is 6.92 Å². The molecule has 2 aromatic carbocycles. The number of nitrogens with zero attached hydrogens (tertiary/aromatic N) is 1. The number of hydrogen-bond donors (Lipinski definition) is 1. The van der Waals surface area contributed by atoms with Crippen LogP contribution in [0.2, 0.25) is 5.02 Å². The van der Waals surface area contributed by atoms with Gasteiger partial charge in [0.15, 0.2) is 6.61 Å². The zero-order valence-electron chi connectivity index (χ0n) is 14.8. The third kappa shape index (κ3) is 4.97. The van der Waals surface area contributed by atoms with Gasteiger partial charge in [0.2, 0.25) is 10.0 Å². The van der Waals surface area contributed by atoms with Gasteiger partial charge in [-0.05, 0) is 55.3 Å². The average Bonchev–Trinajstić information content (AvgIpc) is 2.58. The fraction of sp³-hybridized carbons (Fsp3) is 0.278. The fourth-order valence-corrected chi connectivity index (χ4v) is 3.13. The second-order valence-corrected chi connectivity index (χ2v) is 7.99. The molecule has 26 heavy (non-hydrogen) atoms. The van der Waals surface area contributed by atoms with E-state index in [4.69, 9.17) is 21.5 Å². The minimum atomic E-state index is -3.74. The van der Waals surface area contributed by atoms with E-state index in [1.54, 1.807) is 37.4 Å². The maximum atomic E-state index is 12.4. The zero-order chi connectivity index (χ0) is 19.5. The number of sulfonamides is 1. The molecule has 140 valence electrons. The highest BCUT2D eigenvalue weighted by atomic mass is 35.5. The number of carbonyl (C=O) groups excluding carboxylic acids is 1. The molecule has 1 amide bonds. The molecule has 0 fully saturated rings. The third-order valence-electron chi connectivity index (χ3n) is 4.15. The Labute approximate surface area is 158 Å². The molecule has 8 heteroatoms. The van der Waals surface area contributed by atoms with Crippen molar-refractivity contribution in [1.82, 2.24) is 4.90 Å². The van der Waals surface area contributed by atoms with Gasteiger partial charge in [-0.15, -0.1) is 0 Å². The molecule has 0 radical (unpaired) electrons. The third-order valence-corrected chi connectivity index (χ3v) is 5.32. The summed E-state index contributed by atoms with van der Waals surface area (Å²) in [6.07, 6.45) is 0. The lowest BCUT2D eigenvalue weighted by Gasteiger charge is -2.25. The van der Waals surface area contributed by atoms with E-state index >= 15 is 0 Å². The van der Waals surface area contributed by atoms with Crippen molar-refractivity contribution in [3.63, 3.8) is 0 Å². The molecule has 6 nitrogen and oxygen atoms in total. The monoisotopic (exact) mass is 396 g/mol. The number of carbonyl (C=O) groups is 1. The summed E-state index contributed by atoms with van der Waals surface area (Å²) in [5, 5.41) is 5.70. The SMILES string of the molecule is Cc1cc(Cl)ccc1OCC(=O)N(C)C(C)c1ccc(S(N)(=O)=O)cc1. The highest BCUT2D eigenvalue weighted by molar-refractivity contribution is 7.89. The van der Waals surface area contributed by atoms with Crippen LogP contribution in [0.5, 0.6) is 5.75 Å². The summed E-state index contributed by atoms with van der Waals surface area (Å²) in [4.78, 5) is 14.0. The van der Waals surface area contributed by atoms with Crippen molar-refractivity contribution in [3.8, 4) is 5.75 Å². The number of benzene rings is 2. The van der Waals surface area contributed by atoms with Gasteiger partial charge in [0, 0.05) is 12.1 Å². The van der Waals surface area contributed by atoms with E-state index < -0.39 is 10.0 Å². The molecule has 0 saturated heterocycles. The molecule has 0 bridgehead atoms. The zero-order valence-corrected chi connectivity index (χ0v) is 16.3. The molecule has 1 unspecified atom stereocenters. The van der Waals surface area contributed by atoms with Crippen molar-refractivity contribution in [2.24, 2.45) is 5.14 Å². The lowest BCUT2D eigenvalue weighted by atomic mass is 10.1. The van der Waals surface area contributed by atoms with Gasteiger partial charge in [-0.1, -0.05) is 23.7 Å². The highest BCUT2D eigenvalue weighted by Crippen LogP contribution is 2.23. The summed E-state index contributed by atoms with van der Waals surface area (Å²) in [7, 11) is -2.07. The summed E-state index contributed by atoms with van der Waals surface area (Å²) < 4.78 is 28.2. The minimum absolute atomic E-state index is 0.0315. The quantitative estimate of drug-likeness (QED) is 0.812. The molecule has 0 aliphatic heterocycles. The van der Waals surface area contributed by atoms with Gasteiger partial charge in [0.25, 0.3) is 5.91 Å². The predicted molar refractivity (Wildman–Crippen MR) is 101 cm³/mol. The second kappa shape index (κ2) is 8.07. The molecule has 0 aromatic heterocycles. The normalized spacial score (nSPS) is 12.5. The van der Waals surface area contributed by atoms with Crippen LogP contribution < -0.4 is 9.88 Å². The van der Waals surface area contributed by atoms with Crippen molar-refractivity contribution in [3.05, 3.63) is 58.6 Å². The van der Waals surface area contributed by atoms with Crippen molar-refractivity contribution >= 4 is 27.5 Å². The first-order valence-corrected chi connectivity index (χ1v) is 9.79. The van der Waals surface area contributed by atoms with Gasteiger partial charge < -0.3 is 9.64 Å². The van der Waals surface area contributed by atoms with E-state index in [1.165, 1.54) is 17.0 Å².